The normalized spacial score (nSPS) is 17.1. The summed E-state index contributed by atoms with van der Waals surface area (Å²) in [4.78, 5) is 0. The van der Waals surface area contributed by atoms with Crippen LogP contribution in [0, 0.1) is 10.8 Å². The Kier molecular flexibility index (Phi) is 6.94. The second-order valence-electron chi connectivity index (χ2n) is 9.10. The van der Waals surface area contributed by atoms with Gasteiger partial charge in [0.1, 0.15) is 0 Å². The van der Waals surface area contributed by atoms with Crippen LogP contribution in [0.5, 0.6) is 0 Å². The van der Waals surface area contributed by atoms with Crippen molar-refractivity contribution in [2.75, 3.05) is 0 Å². The maximum atomic E-state index is 13.7. The molecule has 0 saturated carbocycles. The summed E-state index contributed by atoms with van der Waals surface area (Å²) in [5.41, 5.74) is -6.76. The Hall–Kier alpha value is -1.12. The molecule has 0 spiro atoms. The molecular formula is C16H18F16. The highest BCUT2D eigenvalue weighted by molar-refractivity contribution is 5.17. The fourth-order valence-electron chi connectivity index (χ4n) is 2.12. The van der Waals surface area contributed by atoms with E-state index in [0.29, 0.717) is 0 Å². The van der Waals surface area contributed by atoms with Crippen molar-refractivity contribution in [3.05, 3.63) is 0 Å². The Morgan fingerprint density at radius 3 is 0.406 bits per heavy atom. The first-order valence-electron chi connectivity index (χ1n) is 8.27. The molecule has 0 rings (SSSR count). The van der Waals surface area contributed by atoms with Crippen LogP contribution in [0.1, 0.15) is 41.5 Å². The zero-order chi connectivity index (χ0) is 27.0. The van der Waals surface area contributed by atoms with Gasteiger partial charge in [0.2, 0.25) is 0 Å². The van der Waals surface area contributed by atoms with Crippen molar-refractivity contribution in [2.45, 2.75) is 88.9 Å². The molecule has 0 aliphatic carbocycles. The zero-order valence-electron chi connectivity index (χ0n) is 17.0. The lowest BCUT2D eigenvalue weighted by Gasteiger charge is -2.46. The first-order valence-corrected chi connectivity index (χ1v) is 8.27. The predicted octanol–water partition coefficient (Wildman–Crippen LogP) is 8.16. The van der Waals surface area contributed by atoms with Gasteiger partial charge in [-0.05, 0) is 0 Å². The van der Waals surface area contributed by atoms with Crippen molar-refractivity contribution in [3.8, 4) is 0 Å². The van der Waals surface area contributed by atoms with E-state index < -0.39 is 58.2 Å². The first kappa shape index (κ1) is 30.9. The lowest BCUT2D eigenvalue weighted by Crippen LogP contribution is -2.76. The van der Waals surface area contributed by atoms with E-state index in [1.165, 1.54) is 0 Å². The molecule has 0 aromatic carbocycles. The molecule has 0 aromatic heterocycles. The Balaban J connectivity index is 7.00. The Labute approximate surface area is 171 Å². The van der Waals surface area contributed by atoms with Crippen molar-refractivity contribution in [1.29, 1.82) is 0 Å². The number of alkyl halides is 16. The number of halogens is 16. The molecule has 0 heterocycles. The summed E-state index contributed by atoms with van der Waals surface area (Å²) in [6.07, 6.45) is 0. The molecule has 32 heavy (non-hydrogen) atoms. The highest BCUT2D eigenvalue weighted by Gasteiger charge is 2.95. The Morgan fingerprint density at radius 1 is 0.219 bits per heavy atom. The summed E-state index contributed by atoms with van der Waals surface area (Å²) in [7, 11) is 0. The largest absolute Gasteiger partial charge is 0.384 e. The minimum absolute atomic E-state index is 0.0555. The van der Waals surface area contributed by atoms with Crippen LogP contribution in [0.25, 0.3) is 0 Å². The monoisotopic (exact) mass is 514 g/mol. The van der Waals surface area contributed by atoms with Gasteiger partial charge in [-0.1, -0.05) is 41.5 Å². The van der Waals surface area contributed by atoms with E-state index in [0.717, 1.165) is 0 Å². The van der Waals surface area contributed by atoms with Crippen molar-refractivity contribution in [2.24, 2.45) is 10.8 Å². The minimum atomic E-state index is -8.38. The Morgan fingerprint density at radius 2 is 0.312 bits per heavy atom. The lowest BCUT2D eigenvalue weighted by molar-refractivity contribution is -0.461. The van der Waals surface area contributed by atoms with Crippen LogP contribution in [0.3, 0.4) is 0 Å². The van der Waals surface area contributed by atoms with Crippen LogP contribution in [-0.4, -0.2) is 47.4 Å². The average molecular weight is 514 g/mol. The van der Waals surface area contributed by atoms with Crippen LogP contribution in [0.15, 0.2) is 0 Å². The van der Waals surface area contributed by atoms with Gasteiger partial charge in [0, 0.05) is 10.8 Å². The van der Waals surface area contributed by atoms with Crippen molar-refractivity contribution < 1.29 is 70.2 Å². The molecule has 0 atom stereocenters. The molecule has 0 radical (unpaired) electrons. The Bertz CT molecular complexity index is 630. The van der Waals surface area contributed by atoms with Crippen molar-refractivity contribution in [3.63, 3.8) is 0 Å². The third-order valence-electron chi connectivity index (χ3n) is 4.64. The average Bonchev–Trinajstić information content (AvgIpc) is 2.51. The second kappa shape index (κ2) is 7.19. The summed E-state index contributed by atoms with van der Waals surface area (Å²) in [5.74, 6) is -60.7. The maximum Gasteiger partial charge on any atom is 0.384 e. The van der Waals surface area contributed by atoms with E-state index in [1.807, 2.05) is 0 Å². The highest BCUT2D eigenvalue weighted by atomic mass is 19.4. The van der Waals surface area contributed by atoms with Gasteiger partial charge in [0.25, 0.3) is 0 Å². The third-order valence-corrected chi connectivity index (χ3v) is 4.64. The molecule has 0 aliphatic rings. The van der Waals surface area contributed by atoms with Crippen LogP contribution >= 0.6 is 0 Å². The molecular weight excluding hydrogens is 496 g/mol. The summed E-state index contributed by atoms with van der Waals surface area (Å²) < 4.78 is 220. The van der Waals surface area contributed by atoms with Crippen molar-refractivity contribution in [1.82, 2.24) is 0 Å². The van der Waals surface area contributed by atoms with Crippen LogP contribution in [0.4, 0.5) is 70.2 Å². The third kappa shape index (κ3) is 3.52. The van der Waals surface area contributed by atoms with Crippen LogP contribution < -0.4 is 0 Å². The van der Waals surface area contributed by atoms with Crippen molar-refractivity contribution >= 4 is 0 Å². The summed E-state index contributed by atoms with van der Waals surface area (Å²) in [6, 6.07) is 0. The van der Waals surface area contributed by atoms with E-state index in [4.69, 9.17) is 0 Å². The van der Waals surface area contributed by atoms with E-state index in [9.17, 15) is 70.2 Å². The molecule has 0 N–H and O–H groups in total. The molecule has 0 aromatic rings. The zero-order valence-corrected chi connectivity index (χ0v) is 17.0. The predicted molar refractivity (Wildman–Crippen MR) is 78.5 cm³/mol. The standard InChI is InChI=1S/C16H18F16/c1-7(2,3)9(17,18)11(21,22)13(25,26)15(29,30)16(31,32)14(27,28)12(23,24)10(19,20)8(4,5)6/h1-6H3. The topological polar surface area (TPSA) is 0 Å². The molecule has 16 heteroatoms. The molecule has 0 saturated heterocycles. The van der Waals surface area contributed by atoms with Gasteiger partial charge in [-0.2, -0.15) is 70.2 Å². The molecule has 0 bridgehead atoms. The molecule has 0 aliphatic heterocycles. The van der Waals surface area contributed by atoms with E-state index in [-0.39, 0.29) is 41.5 Å². The fourth-order valence-corrected chi connectivity index (χ4v) is 2.12. The SMILES string of the molecule is CC(C)(C)C(F)(F)C(F)(F)C(F)(F)C(F)(F)C(F)(F)C(F)(F)C(F)(F)C(F)(F)C(C)(C)C. The number of hydrogen-bond acceptors (Lipinski definition) is 0. The van der Waals surface area contributed by atoms with Gasteiger partial charge in [-0.3, -0.25) is 0 Å². The summed E-state index contributed by atoms with van der Waals surface area (Å²) in [5, 5.41) is 0. The van der Waals surface area contributed by atoms with E-state index in [1.54, 1.807) is 0 Å². The summed E-state index contributed by atoms with van der Waals surface area (Å²) >= 11 is 0. The summed E-state index contributed by atoms with van der Waals surface area (Å²) in [6.45, 7) is 0.333. The first-order chi connectivity index (χ1) is 13.2. The van der Waals surface area contributed by atoms with Gasteiger partial charge >= 0.3 is 47.4 Å². The number of rotatable bonds is 7. The lowest BCUT2D eigenvalue weighted by atomic mass is 9.77. The van der Waals surface area contributed by atoms with Gasteiger partial charge in [0.05, 0.1) is 0 Å². The van der Waals surface area contributed by atoms with E-state index in [2.05, 4.69) is 0 Å². The van der Waals surface area contributed by atoms with Gasteiger partial charge in [0.15, 0.2) is 0 Å². The molecule has 0 fully saturated rings. The van der Waals surface area contributed by atoms with Gasteiger partial charge < -0.3 is 0 Å². The fraction of sp³-hybridized carbons (Fsp3) is 1.00. The quantitative estimate of drug-likeness (QED) is 0.301. The number of hydrogen-bond donors (Lipinski definition) is 0. The van der Waals surface area contributed by atoms with Gasteiger partial charge in [-0.25, -0.2) is 0 Å². The molecule has 0 nitrogen and oxygen atoms in total. The van der Waals surface area contributed by atoms with Crippen LogP contribution in [-0.2, 0) is 0 Å². The van der Waals surface area contributed by atoms with Gasteiger partial charge in [-0.15, -0.1) is 0 Å². The molecule has 194 valence electrons. The highest BCUT2D eigenvalue weighted by Crippen LogP contribution is 2.66. The minimum Gasteiger partial charge on any atom is -0.199 e. The smallest absolute Gasteiger partial charge is 0.199 e. The molecule has 0 amide bonds. The molecule has 0 unspecified atom stereocenters. The maximum absolute atomic E-state index is 13.7. The van der Waals surface area contributed by atoms with Crippen LogP contribution in [0.2, 0.25) is 0 Å². The second-order valence-corrected chi connectivity index (χ2v) is 9.10. The van der Waals surface area contributed by atoms with E-state index >= 15 is 0 Å².